The maximum absolute atomic E-state index is 12.9. The van der Waals surface area contributed by atoms with Gasteiger partial charge in [0.2, 0.25) is 0 Å². The lowest BCUT2D eigenvalue weighted by atomic mass is 9.98. The fourth-order valence-corrected chi connectivity index (χ4v) is 3.29. The number of carbonyl (C=O) groups excluding carboxylic acids is 3. The highest BCUT2D eigenvalue weighted by atomic mass is 35.5. The smallest absolute Gasteiger partial charge is 0.355 e. The van der Waals surface area contributed by atoms with E-state index in [1.807, 2.05) is 0 Å². The Morgan fingerprint density at radius 2 is 1.53 bits per heavy atom. The first kappa shape index (κ1) is 21.1. The van der Waals surface area contributed by atoms with Crippen molar-refractivity contribution in [3.8, 4) is 5.75 Å². The molecule has 3 aromatic carbocycles. The van der Waals surface area contributed by atoms with Gasteiger partial charge in [0.05, 0.1) is 11.3 Å². The Balaban J connectivity index is 1.60. The maximum atomic E-state index is 12.9. The van der Waals surface area contributed by atoms with Gasteiger partial charge < -0.3 is 19.9 Å². The number of para-hydroxylation sites is 2. The van der Waals surface area contributed by atoms with Gasteiger partial charge in [-0.15, -0.1) is 0 Å². The zero-order valence-corrected chi connectivity index (χ0v) is 17.2. The average Bonchev–Trinajstić information content (AvgIpc) is 3.08. The van der Waals surface area contributed by atoms with Crippen LogP contribution >= 0.6 is 11.6 Å². The first-order valence-corrected chi connectivity index (χ1v) is 9.89. The number of anilines is 1. The van der Waals surface area contributed by atoms with Crippen molar-refractivity contribution in [2.24, 2.45) is 0 Å². The molecule has 32 heavy (non-hydrogen) atoms. The Morgan fingerprint density at radius 3 is 2.25 bits per heavy atom. The van der Waals surface area contributed by atoms with E-state index in [1.54, 1.807) is 60.7 Å². The molecule has 0 spiro atoms. The van der Waals surface area contributed by atoms with Crippen LogP contribution in [0.1, 0.15) is 26.3 Å². The quantitative estimate of drug-likeness (QED) is 0.330. The topological polar surface area (TPSA) is 102 Å². The predicted molar refractivity (Wildman–Crippen MR) is 116 cm³/mol. The van der Waals surface area contributed by atoms with Crippen LogP contribution in [0.25, 0.3) is 0 Å². The van der Waals surface area contributed by atoms with Crippen LogP contribution in [-0.2, 0) is 14.3 Å². The molecule has 2 N–H and O–H groups in total. The zero-order valence-electron chi connectivity index (χ0n) is 16.4. The van der Waals surface area contributed by atoms with E-state index in [9.17, 15) is 19.5 Å². The van der Waals surface area contributed by atoms with E-state index in [0.717, 1.165) is 0 Å². The molecule has 0 amide bonds. The maximum Gasteiger partial charge on any atom is 0.355 e. The van der Waals surface area contributed by atoms with E-state index in [2.05, 4.69) is 5.32 Å². The Hall–Kier alpha value is -4.10. The fourth-order valence-electron chi connectivity index (χ4n) is 3.11. The third-order valence-electron chi connectivity index (χ3n) is 4.68. The molecule has 160 valence electrons. The minimum absolute atomic E-state index is 0.00216. The highest BCUT2D eigenvalue weighted by Crippen LogP contribution is 2.32. The van der Waals surface area contributed by atoms with Crippen molar-refractivity contribution in [2.75, 3.05) is 5.32 Å². The summed E-state index contributed by atoms with van der Waals surface area (Å²) >= 11 is 6.03. The number of rotatable bonds is 6. The first-order chi connectivity index (χ1) is 15.5. The van der Waals surface area contributed by atoms with E-state index >= 15 is 0 Å². The molecule has 1 unspecified atom stereocenters. The summed E-state index contributed by atoms with van der Waals surface area (Å²) in [5.41, 5.74) is 0.739. The summed E-state index contributed by atoms with van der Waals surface area (Å²) in [7, 11) is 0. The molecule has 4 rings (SSSR count). The van der Waals surface area contributed by atoms with Crippen LogP contribution in [0.5, 0.6) is 5.75 Å². The zero-order chi connectivity index (χ0) is 22.7. The summed E-state index contributed by atoms with van der Waals surface area (Å²) in [6, 6.07) is 20.9. The second-order valence-corrected chi connectivity index (χ2v) is 7.13. The van der Waals surface area contributed by atoms with Crippen molar-refractivity contribution >= 4 is 35.0 Å². The molecule has 3 aromatic rings. The van der Waals surface area contributed by atoms with E-state index < -0.39 is 18.2 Å². The number of hydrogen-bond acceptors (Lipinski definition) is 7. The van der Waals surface area contributed by atoms with Crippen molar-refractivity contribution < 1.29 is 29.0 Å². The van der Waals surface area contributed by atoms with Crippen LogP contribution in [0, 0.1) is 0 Å². The Kier molecular flexibility index (Phi) is 5.91. The highest BCUT2D eigenvalue weighted by molar-refractivity contribution is 6.42. The predicted octanol–water partition coefficient (Wildman–Crippen LogP) is 4.23. The van der Waals surface area contributed by atoms with Crippen molar-refractivity contribution in [1.29, 1.82) is 0 Å². The van der Waals surface area contributed by atoms with Crippen LogP contribution in [0.3, 0.4) is 0 Å². The summed E-state index contributed by atoms with van der Waals surface area (Å²) in [5.74, 6) is -2.24. The standard InChI is InChI=1S/C24H16ClNO6/c25-19-20(26-17-12-6-7-13-18(17)27)24(32-23(19)30)31-22(29)16-11-5-4-10-15(16)21(28)14-8-2-1-3-9-14/h1-13,24,26-27H. The monoisotopic (exact) mass is 449 g/mol. The number of hydrogen-bond donors (Lipinski definition) is 2. The van der Waals surface area contributed by atoms with Crippen molar-refractivity contribution in [1.82, 2.24) is 0 Å². The summed E-state index contributed by atoms with van der Waals surface area (Å²) in [5, 5.41) is 12.4. The number of phenols is 1. The number of cyclic esters (lactones) is 1. The summed E-state index contributed by atoms with van der Waals surface area (Å²) in [4.78, 5) is 37.8. The first-order valence-electron chi connectivity index (χ1n) is 9.51. The Labute approximate surface area is 187 Å². The minimum Gasteiger partial charge on any atom is -0.506 e. The molecule has 0 bridgehead atoms. The van der Waals surface area contributed by atoms with Gasteiger partial charge in [-0.3, -0.25) is 4.79 Å². The van der Waals surface area contributed by atoms with Gasteiger partial charge in [-0.2, -0.15) is 0 Å². The van der Waals surface area contributed by atoms with E-state index in [-0.39, 0.29) is 39.1 Å². The van der Waals surface area contributed by atoms with Gasteiger partial charge in [0.1, 0.15) is 11.4 Å². The van der Waals surface area contributed by atoms with Crippen LogP contribution in [0.15, 0.2) is 89.6 Å². The number of nitrogens with one attached hydrogen (secondary N) is 1. The summed E-state index contributed by atoms with van der Waals surface area (Å²) in [6.45, 7) is 0. The lowest BCUT2D eigenvalue weighted by molar-refractivity contribution is -0.152. The van der Waals surface area contributed by atoms with Crippen LogP contribution in [-0.4, -0.2) is 29.1 Å². The van der Waals surface area contributed by atoms with E-state index in [4.69, 9.17) is 21.1 Å². The fraction of sp³-hybridized carbons (Fsp3) is 0.0417. The number of ether oxygens (including phenoxy) is 2. The number of benzene rings is 3. The Bertz CT molecular complexity index is 1240. The third kappa shape index (κ3) is 4.19. The van der Waals surface area contributed by atoms with E-state index in [1.165, 1.54) is 18.2 Å². The molecule has 0 saturated carbocycles. The van der Waals surface area contributed by atoms with Gasteiger partial charge in [-0.25, -0.2) is 9.59 Å². The SMILES string of the molecule is O=C1OC(OC(=O)c2ccccc2C(=O)c2ccccc2)C(Nc2ccccc2O)=C1Cl. The molecule has 0 fully saturated rings. The second-order valence-electron chi connectivity index (χ2n) is 6.75. The van der Waals surface area contributed by atoms with Gasteiger partial charge in [-0.1, -0.05) is 72.3 Å². The van der Waals surface area contributed by atoms with E-state index in [0.29, 0.717) is 5.56 Å². The molecule has 7 nitrogen and oxygen atoms in total. The average molecular weight is 450 g/mol. The summed E-state index contributed by atoms with van der Waals surface area (Å²) in [6.07, 6.45) is -1.48. The highest BCUT2D eigenvalue weighted by Gasteiger charge is 2.37. The molecular weight excluding hydrogens is 434 g/mol. The number of halogens is 1. The van der Waals surface area contributed by atoms with Gasteiger partial charge in [0.15, 0.2) is 10.8 Å². The van der Waals surface area contributed by atoms with Crippen LogP contribution in [0.2, 0.25) is 0 Å². The summed E-state index contributed by atoms with van der Waals surface area (Å²) < 4.78 is 10.4. The second kappa shape index (κ2) is 8.95. The van der Waals surface area contributed by atoms with Crippen molar-refractivity contribution in [3.05, 3.63) is 106 Å². The Morgan fingerprint density at radius 1 is 0.906 bits per heavy atom. The van der Waals surface area contributed by atoms with Gasteiger partial charge in [0.25, 0.3) is 6.29 Å². The van der Waals surface area contributed by atoms with Gasteiger partial charge in [0, 0.05) is 11.1 Å². The molecule has 0 radical (unpaired) electrons. The number of aromatic hydroxyl groups is 1. The number of phenolic OH excluding ortho intramolecular Hbond substituents is 1. The molecule has 0 aliphatic carbocycles. The lowest BCUT2D eigenvalue weighted by Crippen LogP contribution is -2.25. The minimum atomic E-state index is -1.48. The van der Waals surface area contributed by atoms with Gasteiger partial charge in [-0.05, 0) is 18.2 Å². The normalized spacial score (nSPS) is 15.3. The molecule has 0 aromatic heterocycles. The molecule has 1 aliphatic heterocycles. The number of ketones is 1. The molecule has 1 heterocycles. The molecule has 0 saturated heterocycles. The molecule has 1 atom stereocenters. The number of esters is 2. The van der Waals surface area contributed by atoms with Gasteiger partial charge >= 0.3 is 11.9 Å². The molecule has 1 aliphatic rings. The largest absolute Gasteiger partial charge is 0.506 e. The lowest BCUT2D eigenvalue weighted by Gasteiger charge is -2.17. The van der Waals surface area contributed by atoms with Crippen LogP contribution < -0.4 is 5.32 Å². The third-order valence-corrected chi connectivity index (χ3v) is 5.04. The van der Waals surface area contributed by atoms with Crippen LogP contribution in [0.4, 0.5) is 5.69 Å². The molecular formula is C24H16ClNO6. The van der Waals surface area contributed by atoms with Crippen molar-refractivity contribution in [3.63, 3.8) is 0 Å². The molecule has 8 heteroatoms. The van der Waals surface area contributed by atoms with Crippen molar-refractivity contribution in [2.45, 2.75) is 6.29 Å². The number of carbonyl (C=O) groups is 3.